The van der Waals surface area contributed by atoms with Crippen LogP contribution in [0.25, 0.3) is 0 Å². The summed E-state index contributed by atoms with van der Waals surface area (Å²) in [4.78, 5) is 17.2. The molecular weight excluding hydrogens is 240 g/mol. The van der Waals surface area contributed by atoms with Gasteiger partial charge in [0.05, 0.1) is 6.61 Å². The molecule has 4 nitrogen and oxygen atoms in total. The number of hydrogen-bond donors (Lipinski definition) is 0. The monoisotopic (exact) mass is 268 g/mol. The van der Waals surface area contributed by atoms with Gasteiger partial charge in [-0.15, -0.1) is 0 Å². The lowest BCUT2D eigenvalue weighted by atomic mass is 10.0. The second-order valence-electron chi connectivity index (χ2n) is 5.89. The predicted molar refractivity (Wildman–Crippen MR) is 76.1 cm³/mol. The zero-order valence-corrected chi connectivity index (χ0v) is 12.6. The minimum absolute atomic E-state index is 0.0253. The van der Waals surface area contributed by atoms with E-state index in [1.807, 2.05) is 6.92 Å². The molecule has 0 aliphatic carbocycles. The van der Waals surface area contributed by atoms with Crippen LogP contribution in [-0.2, 0) is 9.53 Å². The van der Waals surface area contributed by atoms with Gasteiger partial charge in [0.25, 0.3) is 0 Å². The minimum atomic E-state index is -0.0392. The third kappa shape index (κ3) is 3.29. The summed E-state index contributed by atoms with van der Waals surface area (Å²) in [7, 11) is 0. The van der Waals surface area contributed by atoms with E-state index in [1.165, 1.54) is 19.4 Å². The van der Waals surface area contributed by atoms with Crippen molar-refractivity contribution in [1.82, 2.24) is 9.80 Å². The molecule has 3 atom stereocenters. The van der Waals surface area contributed by atoms with E-state index in [9.17, 15) is 4.79 Å². The van der Waals surface area contributed by atoms with Crippen LogP contribution in [0.15, 0.2) is 0 Å². The van der Waals surface area contributed by atoms with Crippen LogP contribution in [0.5, 0.6) is 0 Å². The molecule has 0 amide bonds. The first-order chi connectivity index (χ1) is 9.17. The zero-order valence-electron chi connectivity index (χ0n) is 12.6. The van der Waals surface area contributed by atoms with Crippen molar-refractivity contribution >= 4 is 5.97 Å². The fourth-order valence-electron chi connectivity index (χ4n) is 3.58. The van der Waals surface area contributed by atoms with Crippen molar-refractivity contribution in [2.24, 2.45) is 0 Å². The number of carbonyl (C=O) groups is 1. The molecule has 2 rings (SSSR count). The minimum Gasteiger partial charge on any atom is -0.465 e. The molecule has 4 heteroatoms. The van der Waals surface area contributed by atoms with Gasteiger partial charge in [-0.05, 0) is 39.7 Å². The third-order valence-corrected chi connectivity index (χ3v) is 4.51. The van der Waals surface area contributed by atoms with Crippen LogP contribution in [0.1, 0.15) is 46.5 Å². The van der Waals surface area contributed by atoms with Gasteiger partial charge in [0.1, 0.15) is 6.04 Å². The molecule has 3 unspecified atom stereocenters. The van der Waals surface area contributed by atoms with E-state index in [0.29, 0.717) is 18.7 Å². The average Bonchev–Trinajstić information content (AvgIpc) is 2.82. The molecule has 0 spiro atoms. The number of rotatable bonds is 5. The van der Waals surface area contributed by atoms with Crippen LogP contribution < -0.4 is 0 Å². The van der Waals surface area contributed by atoms with Gasteiger partial charge < -0.3 is 4.74 Å². The molecule has 110 valence electrons. The lowest BCUT2D eigenvalue weighted by Gasteiger charge is -2.45. The summed E-state index contributed by atoms with van der Waals surface area (Å²) in [5.74, 6) is -0.0253. The van der Waals surface area contributed by atoms with Crippen molar-refractivity contribution in [3.05, 3.63) is 0 Å². The Labute approximate surface area is 117 Å². The molecule has 2 heterocycles. The molecule has 0 N–H and O–H groups in total. The Bertz CT molecular complexity index is 309. The Morgan fingerprint density at radius 3 is 2.84 bits per heavy atom. The Morgan fingerprint density at radius 2 is 2.16 bits per heavy atom. The number of carbonyl (C=O) groups excluding carboxylic acids is 1. The Balaban J connectivity index is 2.04. The highest BCUT2D eigenvalue weighted by atomic mass is 16.5. The van der Waals surface area contributed by atoms with Crippen molar-refractivity contribution in [2.75, 3.05) is 26.2 Å². The molecule has 0 bridgehead atoms. The van der Waals surface area contributed by atoms with E-state index in [-0.39, 0.29) is 12.0 Å². The molecule has 0 saturated carbocycles. The Morgan fingerprint density at radius 1 is 1.37 bits per heavy atom. The molecule has 0 aromatic heterocycles. The number of piperazine rings is 1. The zero-order chi connectivity index (χ0) is 13.8. The van der Waals surface area contributed by atoms with E-state index < -0.39 is 0 Å². The number of ether oxygens (including phenoxy) is 1. The summed E-state index contributed by atoms with van der Waals surface area (Å²) in [5.41, 5.74) is 0. The van der Waals surface area contributed by atoms with Crippen molar-refractivity contribution < 1.29 is 9.53 Å². The van der Waals surface area contributed by atoms with E-state index in [0.717, 1.165) is 25.9 Å². The summed E-state index contributed by atoms with van der Waals surface area (Å²) in [6.45, 7) is 10.1. The highest BCUT2D eigenvalue weighted by molar-refractivity contribution is 5.75. The second kappa shape index (κ2) is 6.71. The van der Waals surface area contributed by atoms with Gasteiger partial charge in [-0.25, -0.2) is 0 Å². The first-order valence-electron chi connectivity index (χ1n) is 7.83. The molecule has 0 radical (unpaired) electrons. The molecule has 2 fully saturated rings. The quantitative estimate of drug-likeness (QED) is 0.713. The first-order valence-corrected chi connectivity index (χ1v) is 7.83. The van der Waals surface area contributed by atoms with E-state index >= 15 is 0 Å². The summed E-state index contributed by atoms with van der Waals surface area (Å²) in [6, 6.07) is 1.07. The maximum Gasteiger partial charge on any atom is 0.323 e. The fraction of sp³-hybridized carbons (Fsp3) is 0.933. The largest absolute Gasteiger partial charge is 0.465 e. The van der Waals surface area contributed by atoms with Gasteiger partial charge in [0.2, 0.25) is 0 Å². The maximum atomic E-state index is 12.2. The van der Waals surface area contributed by atoms with E-state index in [1.54, 1.807) is 0 Å². The molecule has 0 aromatic carbocycles. The predicted octanol–water partition coefficient (Wildman–Crippen LogP) is 1.89. The van der Waals surface area contributed by atoms with Crippen LogP contribution in [0.2, 0.25) is 0 Å². The van der Waals surface area contributed by atoms with Crippen LogP contribution in [0, 0.1) is 0 Å². The lowest BCUT2D eigenvalue weighted by Crippen LogP contribution is -2.59. The Hall–Kier alpha value is -0.610. The fourth-order valence-corrected chi connectivity index (χ4v) is 3.58. The smallest absolute Gasteiger partial charge is 0.323 e. The van der Waals surface area contributed by atoms with Crippen LogP contribution in [0.3, 0.4) is 0 Å². The molecule has 0 aromatic rings. The van der Waals surface area contributed by atoms with E-state index in [4.69, 9.17) is 4.74 Å². The number of hydrogen-bond acceptors (Lipinski definition) is 4. The molecule has 19 heavy (non-hydrogen) atoms. The topological polar surface area (TPSA) is 32.8 Å². The van der Waals surface area contributed by atoms with Crippen molar-refractivity contribution in [3.8, 4) is 0 Å². The van der Waals surface area contributed by atoms with Gasteiger partial charge in [-0.3, -0.25) is 14.6 Å². The molecular formula is C15H28N2O2. The molecule has 2 saturated heterocycles. The number of esters is 1. The van der Waals surface area contributed by atoms with Gasteiger partial charge in [-0.2, -0.15) is 0 Å². The normalized spacial score (nSPS) is 30.1. The average molecular weight is 268 g/mol. The van der Waals surface area contributed by atoms with Gasteiger partial charge >= 0.3 is 5.97 Å². The second-order valence-corrected chi connectivity index (χ2v) is 5.89. The van der Waals surface area contributed by atoms with Gasteiger partial charge in [0, 0.05) is 25.2 Å². The summed E-state index contributed by atoms with van der Waals surface area (Å²) in [5, 5.41) is 0. The summed E-state index contributed by atoms with van der Waals surface area (Å²) >= 11 is 0. The Kier molecular flexibility index (Phi) is 5.22. The van der Waals surface area contributed by atoms with Crippen molar-refractivity contribution in [1.29, 1.82) is 0 Å². The van der Waals surface area contributed by atoms with Crippen LogP contribution in [0.4, 0.5) is 0 Å². The number of fused-ring (bicyclic) bond motifs is 1. The first kappa shape index (κ1) is 14.8. The molecule has 2 aliphatic heterocycles. The van der Waals surface area contributed by atoms with Crippen LogP contribution in [-0.4, -0.2) is 60.1 Å². The molecule has 2 aliphatic rings. The van der Waals surface area contributed by atoms with Gasteiger partial charge in [-0.1, -0.05) is 13.3 Å². The van der Waals surface area contributed by atoms with Crippen LogP contribution >= 0.6 is 0 Å². The van der Waals surface area contributed by atoms with E-state index in [2.05, 4.69) is 23.6 Å². The summed E-state index contributed by atoms with van der Waals surface area (Å²) < 4.78 is 5.28. The highest BCUT2D eigenvalue weighted by Gasteiger charge is 2.39. The van der Waals surface area contributed by atoms with Crippen molar-refractivity contribution in [3.63, 3.8) is 0 Å². The third-order valence-electron chi connectivity index (χ3n) is 4.51. The lowest BCUT2D eigenvalue weighted by molar-refractivity contribution is -0.152. The standard InChI is InChI=1S/C15H28N2O2/c1-4-7-14(15(18)19-5-2)17-11-13-8-6-9-16(13)10-12(17)3/h12-14H,4-11H2,1-3H3. The number of nitrogens with zero attached hydrogens (tertiary/aromatic N) is 2. The SMILES string of the molecule is CCCC(C(=O)OCC)N1CC2CCCN2CC1C. The van der Waals surface area contributed by atoms with Crippen molar-refractivity contribution in [2.45, 2.75) is 64.6 Å². The summed E-state index contributed by atoms with van der Waals surface area (Å²) in [6.07, 6.45) is 4.53. The highest BCUT2D eigenvalue weighted by Crippen LogP contribution is 2.27. The maximum absolute atomic E-state index is 12.2. The van der Waals surface area contributed by atoms with Gasteiger partial charge in [0.15, 0.2) is 0 Å².